The summed E-state index contributed by atoms with van der Waals surface area (Å²) < 4.78 is 19.4. The fraction of sp³-hybridized carbons (Fsp3) is 0.130. The van der Waals surface area contributed by atoms with Gasteiger partial charge in [-0.25, -0.2) is 9.37 Å². The average molecular weight is 406 g/mol. The van der Waals surface area contributed by atoms with E-state index in [9.17, 15) is 9.18 Å². The topological polar surface area (TPSA) is 55.1 Å². The number of amides is 1. The first-order chi connectivity index (χ1) is 14.1. The van der Waals surface area contributed by atoms with E-state index in [2.05, 4.69) is 41.5 Å². The lowest BCUT2D eigenvalue weighted by Gasteiger charge is -2.01. The Bertz CT molecular complexity index is 1130. The molecule has 0 aliphatic carbocycles. The Hall–Kier alpha value is -3.25. The third-order valence-corrected chi connectivity index (χ3v) is 5.47. The number of carbonyl (C=O) groups is 1. The van der Waals surface area contributed by atoms with Gasteiger partial charge in [-0.05, 0) is 41.8 Å². The van der Waals surface area contributed by atoms with Crippen molar-refractivity contribution in [1.82, 2.24) is 4.98 Å². The highest BCUT2D eigenvalue weighted by Crippen LogP contribution is 2.26. The molecule has 0 spiro atoms. The quantitative estimate of drug-likeness (QED) is 0.431. The number of aryl methyl sites for hydroxylation is 1. The normalized spacial score (nSPS) is 10.8. The van der Waals surface area contributed by atoms with Crippen LogP contribution in [0.25, 0.3) is 11.3 Å². The Balaban J connectivity index is 1.42. The van der Waals surface area contributed by atoms with Gasteiger partial charge >= 0.3 is 0 Å². The number of halogens is 1. The van der Waals surface area contributed by atoms with Crippen molar-refractivity contribution < 1.29 is 13.6 Å². The highest BCUT2D eigenvalue weighted by atomic mass is 32.1. The third-order valence-electron chi connectivity index (χ3n) is 4.55. The SMILES string of the molecule is CCc1ccc(Cc2cnc(NC(=O)c3ccc(-c4ccccc4F)o3)s2)cc1. The molecule has 0 radical (unpaired) electrons. The summed E-state index contributed by atoms with van der Waals surface area (Å²) in [6.07, 6.45) is 3.54. The highest BCUT2D eigenvalue weighted by Gasteiger charge is 2.16. The number of hydrogen-bond acceptors (Lipinski definition) is 4. The van der Waals surface area contributed by atoms with E-state index in [1.165, 1.54) is 34.6 Å². The van der Waals surface area contributed by atoms with Gasteiger partial charge in [-0.3, -0.25) is 10.1 Å². The van der Waals surface area contributed by atoms with Gasteiger partial charge in [-0.1, -0.05) is 43.3 Å². The number of hydrogen-bond donors (Lipinski definition) is 1. The largest absolute Gasteiger partial charge is 0.451 e. The molecule has 0 atom stereocenters. The molecule has 0 fully saturated rings. The first-order valence-electron chi connectivity index (χ1n) is 9.31. The number of aromatic nitrogens is 1. The van der Waals surface area contributed by atoms with E-state index in [-0.39, 0.29) is 5.76 Å². The lowest BCUT2D eigenvalue weighted by Crippen LogP contribution is -2.10. The van der Waals surface area contributed by atoms with Crippen molar-refractivity contribution in [3.63, 3.8) is 0 Å². The van der Waals surface area contributed by atoms with Crippen LogP contribution in [0.4, 0.5) is 9.52 Å². The van der Waals surface area contributed by atoms with Crippen molar-refractivity contribution >= 4 is 22.4 Å². The van der Waals surface area contributed by atoms with Gasteiger partial charge in [0.1, 0.15) is 11.6 Å². The molecule has 146 valence electrons. The van der Waals surface area contributed by atoms with Crippen LogP contribution in [0.1, 0.15) is 33.5 Å². The molecule has 2 aromatic heterocycles. The zero-order valence-electron chi connectivity index (χ0n) is 15.8. The molecular weight excluding hydrogens is 387 g/mol. The zero-order chi connectivity index (χ0) is 20.2. The number of benzene rings is 2. The van der Waals surface area contributed by atoms with E-state index in [4.69, 9.17) is 4.42 Å². The van der Waals surface area contributed by atoms with Crippen molar-refractivity contribution in [3.05, 3.63) is 94.4 Å². The molecule has 29 heavy (non-hydrogen) atoms. The Morgan fingerprint density at radius 1 is 1.07 bits per heavy atom. The standard InChI is InChI=1S/C23H19FN2O2S/c1-2-15-7-9-16(10-8-15)13-17-14-25-23(29-17)26-22(27)21-12-11-20(28-21)18-5-3-4-6-19(18)24/h3-12,14H,2,13H2,1H3,(H,25,26,27). The maximum absolute atomic E-state index is 13.9. The van der Waals surface area contributed by atoms with Gasteiger partial charge in [-0.2, -0.15) is 0 Å². The number of nitrogens with zero attached hydrogens (tertiary/aromatic N) is 1. The van der Waals surface area contributed by atoms with Crippen molar-refractivity contribution in [1.29, 1.82) is 0 Å². The van der Waals surface area contributed by atoms with Gasteiger partial charge in [0.25, 0.3) is 5.91 Å². The number of carbonyl (C=O) groups excluding carboxylic acids is 1. The lowest BCUT2D eigenvalue weighted by atomic mass is 10.1. The summed E-state index contributed by atoms with van der Waals surface area (Å²) in [5, 5.41) is 3.24. The second-order valence-electron chi connectivity index (χ2n) is 6.58. The lowest BCUT2D eigenvalue weighted by molar-refractivity contribution is 0.0997. The van der Waals surface area contributed by atoms with Gasteiger partial charge in [0.15, 0.2) is 10.9 Å². The molecule has 6 heteroatoms. The zero-order valence-corrected chi connectivity index (χ0v) is 16.6. The number of nitrogens with one attached hydrogen (secondary N) is 1. The molecule has 2 heterocycles. The molecule has 0 aliphatic rings. The van der Waals surface area contributed by atoms with E-state index < -0.39 is 11.7 Å². The molecule has 0 saturated carbocycles. The molecule has 0 bridgehead atoms. The van der Waals surface area contributed by atoms with Crippen LogP contribution in [-0.2, 0) is 12.8 Å². The van der Waals surface area contributed by atoms with Gasteiger partial charge in [0.2, 0.25) is 0 Å². The Morgan fingerprint density at radius 3 is 2.59 bits per heavy atom. The molecule has 2 aromatic carbocycles. The summed E-state index contributed by atoms with van der Waals surface area (Å²) in [5.41, 5.74) is 2.82. The Labute approximate surface area is 172 Å². The predicted molar refractivity (Wildman–Crippen MR) is 113 cm³/mol. The predicted octanol–water partition coefficient (Wildman–Crippen LogP) is 5.95. The smallest absolute Gasteiger partial charge is 0.293 e. The van der Waals surface area contributed by atoms with Gasteiger partial charge in [-0.15, -0.1) is 11.3 Å². The summed E-state index contributed by atoms with van der Waals surface area (Å²) >= 11 is 1.42. The molecule has 4 aromatic rings. The summed E-state index contributed by atoms with van der Waals surface area (Å²) in [5.74, 6) is -0.398. The number of anilines is 1. The van der Waals surface area contributed by atoms with Crippen LogP contribution < -0.4 is 5.32 Å². The second kappa shape index (κ2) is 8.41. The minimum atomic E-state index is -0.416. The van der Waals surface area contributed by atoms with Crippen molar-refractivity contribution in [2.75, 3.05) is 5.32 Å². The fourth-order valence-corrected chi connectivity index (χ4v) is 3.81. The van der Waals surface area contributed by atoms with Gasteiger partial charge in [0.05, 0.1) is 5.56 Å². The Morgan fingerprint density at radius 2 is 1.83 bits per heavy atom. The first kappa shape index (κ1) is 19.1. The number of thiazole rings is 1. The van der Waals surface area contributed by atoms with Crippen LogP contribution in [0.2, 0.25) is 0 Å². The Kier molecular flexibility index (Phi) is 5.53. The molecule has 0 saturated heterocycles. The van der Waals surface area contributed by atoms with Crippen LogP contribution in [0.5, 0.6) is 0 Å². The molecular formula is C23H19FN2O2S. The van der Waals surface area contributed by atoms with Crippen LogP contribution in [0.15, 0.2) is 71.3 Å². The summed E-state index contributed by atoms with van der Waals surface area (Å²) in [7, 11) is 0. The van der Waals surface area contributed by atoms with Crippen LogP contribution in [0, 0.1) is 5.82 Å². The van der Waals surface area contributed by atoms with E-state index in [1.807, 2.05) is 0 Å². The van der Waals surface area contributed by atoms with Crippen molar-refractivity contribution in [2.24, 2.45) is 0 Å². The second-order valence-corrected chi connectivity index (χ2v) is 7.69. The molecule has 0 aliphatic heterocycles. The van der Waals surface area contributed by atoms with Gasteiger partial charge in [0, 0.05) is 17.5 Å². The monoisotopic (exact) mass is 406 g/mol. The van der Waals surface area contributed by atoms with E-state index in [0.717, 1.165) is 17.7 Å². The molecule has 0 unspecified atom stereocenters. The van der Waals surface area contributed by atoms with Crippen molar-refractivity contribution in [3.8, 4) is 11.3 Å². The minimum Gasteiger partial charge on any atom is -0.451 e. The minimum absolute atomic E-state index is 0.107. The first-order valence-corrected chi connectivity index (χ1v) is 10.1. The van der Waals surface area contributed by atoms with Crippen LogP contribution >= 0.6 is 11.3 Å². The number of rotatable bonds is 6. The van der Waals surface area contributed by atoms with E-state index >= 15 is 0 Å². The third kappa shape index (κ3) is 4.43. The summed E-state index contributed by atoms with van der Waals surface area (Å²) in [6, 6.07) is 17.9. The molecule has 4 rings (SSSR count). The molecule has 1 amide bonds. The van der Waals surface area contributed by atoms with Crippen LogP contribution in [-0.4, -0.2) is 10.9 Å². The molecule has 4 nitrogen and oxygen atoms in total. The van der Waals surface area contributed by atoms with E-state index in [0.29, 0.717) is 16.5 Å². The average Bonchev–Trinajstić information content (AvgIpc) is 3.39. The van der Waals surface area contributed by atoms with E-state index in [1.54, 1.807) is 30.5 Å². The summed E-state index contributed by atoms with van der Waals surface area (Å²) in [4.78, 5) is 17.8. The fourth-order valence-electron chi connectivity index (χ4n) is 2.97. The van der Waals surface area contributed by atoms with Crippen molar-refractivity contribution in [2.45, 2.75) is 19.8 Å². The maximum atomic E-state index is 13.9. The highest BCUT2D eigenvalue weighted by molar-refractivity contribution is 7.15. The molecule has 1 N–H and O–H groups in total. The van der Waals surface area contributed by atoms with Gasteiger partial charge < -0.3 is 4.42 Å². The number of furan rings is 1. The van der Waals surface area contributed by atoms with Crippen LogP contribution in [0.3, 0.4) is 0 Å². The maximum Gasteiger partial charge on any atom is 0.293 e. The summed E-state index contributed by atoms with van der Waals surface area (Å²) in [6.45, 7) is 2.13.